The van der Waals surface area contributed by atoms with Crippen LogP contribution >= 0.6 is 0 Å². The van der Waals surface area contributed by atoms with E-state index in [-0.39, 0.29) is 17.1 Å². The Labute approximate surface area is 175 Å². The van der Waals surface area contributed by atoms with Crippen LogP contribution in [0.4, 0.5) is 23.2 Å². The number of halogens is 4. The van der Waals surface area contributed by atoms with Crippen LogP contribution in [-0.4, -0.2) is 28.3 Å². The Bertz CT molecular complexity index is 1090. The number of fused-ring (bicyclic) bond motifs is 2. The molecule has 3 aliphatic rings. The van der Waals surface area contributed by atoms with Gasteiger partial charge in [0.15, 0.2) is 5.69 Å². The molecule has 160 valence electrons. The SMILES string of the molecule is Fc1ccc(C23CCN(CC2)Nc2cc(Oc4ccc(C(F)(F)F)nn4)ccc23)cc1. The molecule has 1 fully saturated rings. The summed E-state index contributed by atoms with van der Waals surface area (Å²) in [5, 5.41) is 8.83. The standard InChI is InChI=1S/C22H18F4N4O/c23-15-3-1-14(2-4-15)21-9-11-30(12-10-21)29-18-13-16(5-6-17(18)21)31-20-8-7-19(27-28-20)22(24,25)26/h1-8,13,29H,9-12H2. The van der Waals surface area contributed by atoms with Crippen molar-refractivity contribution in [2.45, 2.75) is 24.4 Å². The second kappa shape index (κ2) is 7.19. The van der Waals surface area contributed by atoms with Crippen LogP contribution < -0.4 is 10.2 Å². The second-order valence-electron chi connectivity index (χ2n) is 7.75. The van der Waals surface area contributed by atoms with Crippen molar-refractivity contribution < 1.29 is 22.3 Å². The largest absolute Gasteiger partial charge is 0.437 e. The third-order valence-electron chi connectivity index (χ3n) is 5.95. The Morgan fingerprint density at radius 3 is 2.32 bits per heavy atom. The highest BCUT2D eigenvalue weighted by molar-refractivity contribution is 5.62. The van der Waals surface area contributed by atoms with Gasteiger partial charge in [0.25, 0.3) is 0 Å². The number of ether oxygens (including phenoxy) is 1. The Hall–Kier alpha value is -3.20. The molecule has 6 rings (SSSR count). The topological polar surface area (TPSA) is 50.3 Å². The van der Waals surface area contributed by atoms with Crippen molar-refractivity contribution in [2.75, 3.05) is 18.5 Å². The van der Waals surface area contributed by atoms with E-state index >= 15 is 0 Å². The van der Waals surface area contributed by atoms with Crippen LogP contribution in [0, 0.1) is 5.82 Å². The number of rotatable bonds is 3. The molecule has 0 spiro atoms. The number of hydrazine groups is 1. The lowest BCUT2D eigenvalue weighted by Crippen LogP contribution is -2.41. The van der Waals surface area contributed by atoms with Gasteiger partial charge in [0.2, 0.25) is 5.88 Å². The number of nitrogens with one attached hydrogen (secondary N) is 1. The number of piperidine rings is 1. The zero-order valence-electron chi connectivity index (χ0n) is 16.3. The summed E-state index contributed by atoms with van der Waals surface area (Å²) in [4.78, 5) is 0. The highest BCUT2D eigenvalue weighted by Gasteiger charge is 2.42. The normalized spacial score (nSPS) is 22.4. The molecule has 0 amide bonds. The minimum atomic E-state index is -4.55. The fraction of sp³-hybridized carbons (Fsp3) is 0.273. The zero-order chi connectivity index (χ0) is 21.6. The first-order chi connectivity index (χ1) is 14.8. The molecule has 2 aromatic carbocycles. The molecule has 1 N–H and O–H groups in total. The molecule has 0 radical (unpaired) electrons. The highest BCUT2D eigenvalue weighted by Crippen LogP contribution is 2.48. The maximum Gasteiger partial charge on any atom is 0.435 e. The fourth-order valence-corrected chi connectivity index (χ4v) is 4.40. The van der Waals surface area contributed by atoms with Gasteiger partial charge in [-0.2, -0.15) is 13.2 Å². The van der Waals surface area contributed by atoms with Gasteiger partial charge in [0.05, 0.1) is 5.69 Å². The molecule has 4 heterocycles. The smallest absolute Gasteiger partial charge is 0.435 e. The first-order valence-electron chi connectivity index (χ1n) is 9.84. The van der Waals surface area contributed by atoms with E-state index in [0.29, 0.717) is 5.75 Å². The van der Waals surface area contributed by atoms with E-state index in [4.69, 9.17) is 4.74 Å². The minimum absolute atomic E-state index is 0.0295. The van der Waals surface area contributed by atoms with Gasteiger partial charge in [0, 0.05) is 30.6 Å². The Kier molecular flexibility index (Phi) is 4.58. The first kappa shape index (κ1) is 19.7. The molecule has 0 atom stereocenters. The monoisotopic (exact) mass is 430 g/mol. The molecular formula is C22H18F4N4O. The Morgan fingerprint density at radius 2 is 1.68 bits per heavy atom. The fourth-order valence-electron chi connectivity index (χ4n) is 4.40. The van der Waals surface area contributed by atoms with Crippen molar-refractivity contribution in [3.63, 3.8) is 0 Å². The van der Waals surface area contributed by atoms with Gasteiger partial charge in [-0.1, -0.05) is 18.2 Å². The van der Waals surface area contributed by atoms with Gasteiger partial charge in [-0.15, -0.1) is 10.2 Å². The van der Waals surface area contributed by atoms with Crippen LogP contribution in [0.1, 0.15) is 29.7 Å². The van der Waals surface area contributed by atoms with Crippen molar-refractivity contribution in [3.8, 4) is 11.6 Å². The van der Waals surface area contributed by atoms with Gasteiger partial charge in [-0.3, -0.25) is 0 Å². The molecule has 0 unspecified atom stereocenters. The van der Waals surface area contributed by atoms with E-state index in [9.17, 15) is 17.6 Å². The van der Waals surface area contributed by atoms with Crippen molar-refractivity contribution in [2.24, 2.45) is 0 Å². The van der Waals surface area contributed by atoms with E-state index in [1.807, 2.05) is 18.2 Å². The number of alkyl halides is 3. The number of aromatic nitrogens is 2. The molecule has 2 bridgehead atoms. The molecule has 3 aromatic rings. The van der Waals surface area contributed by atoms with E-state index in [1.54, 1.807) is 12.1 Å². The van der Waals surface area contributed by atoms with Gasteiger partial charge < -0.3 is 10.2 Å². The van der Waals surface area contributed by atoms with Crippen molar-refractivity contribution in [1.82, 2.24) is 15.2 Å². The first-order valence-corrected chi connectivity index (χ1v) is 9.84. The summed E-state index contributed by atoms with van der Waals surface area (Å²) in [5.41, 5.74) is 5.05. The van der Waals surface area contributed by atoms with Gasteiger partial charge in [0.1, 0.15) is 11.6 Å². The van der Waals surface area contributed by atoms with Crippen molar-refractivity contribution >= 4 is 5.69 Å². The maximum absolute atomic E-state index is 13.5. The lowest BCUT2D eigenvalue weighted by Gasteiger charge is -2.38. The van der Waals surface area contributed by atoms with Crippen molar-refractivity contribution in [1.29, 1.82) is 0 Å². The summed E-state index contributed by atoms with van der Waals surface area (Å²) in [6.45, 7) is 1.65. The molecule has 3 aliphatic heterocycles. The van der Waals surface area contributed by atoms with E-state index in [2.05, 4.69) is 20.6 Å². The van der Waals surface area contributed by atoms with E-state index in [0.717, 1.165) is 54.9 Å². The summed E-state index contributed by atoms with van der Waals surface area (Å²) >= 11 is 0. The van der Waals surface area contributed by atoms with Crippen molar-refractivity contribution in [3.05, 3.63) is 77.2 Å². The van der Waals surface area contributed by atoms with Crippen LogP contribution in [-0.2, 0) is 11.6 Å². The number of anilines is 1. The Balaban J connectivity index is 1.48. The van der Waals surface area contributed by atoms with Crippen LogP contribution in [0.25, 0.3) is 0 Å². The molecular weight excluding hydrogens is 412 g/mol. The molecule has 1 aromatic heterocycles. The van der Waals surface area contributed by atoms with Crippen LogP contribution in [0.3, 0.4) is 0 Å². The molecule has 1 saturated heterocycles. The zero-order valence-corrected chi connectivity index (χ0v) is 16.3. The summed E-state index contributed by atoms with van der Waals surface area (Å²) in [6, 6.07) is 14.1. The average molecular weight is 430 g/mol. The predicted molar refractivity (Wildman–Crippen MR) is 105 cm³/mol. The lowest BCUT2D eigenvalue weighted by molar-refractivity contribution is -0.141. The maximum atomic E-state index is 13.5. The molecule has 0 saturated carbocycles. The summed E-state index contributed by atoms with van der Waals surface area (Å²) < 4.78 is 57.2. The van der Waals surface area contributed by atoms with Crippen LogP contribution in [0.2, 0.25) is 0 Å². The Morgan fingerprint density at radius 1 is 0.935 bits per heavy atom. The van der Waals surface area contributed by atoms with Crippen LogP contribution in [0.5, 0.6) is 11.6 Å². The third kappa shape index (κ3) is 3.59. The number of hydrogen-bond acceptors (Lipinski definition) is 5. The number of benzene rings is 2. The summed E-state index contributed by atoms with van der Waals surface area (Å²) in [6.07, 6.45) is -2.80. The average Bonchev–Trinajstić information content (AvgIpc) is 3.00. The molecule has 5 nitrogen and oxygen atoms in total. The van der Waals surface area contributed by atoms with Gasteiger partial charge in [-0.25, -0.2) is 9.40 Å². The molecule has 9 heteroatoms. The minimum Gasteiger partial charge on any atom is -0.437 e. The molecule has 0 aliphatic carbocycles. The van der Waals surface area contributed by atoms with Gasteiger partial charge in [-0.05, 0) is 48.2 Å². The van der Waals surface area contributed by atoms with Gasteiger partial charge >= 0.3 is 6.18 Å². The highest BCUT2D eigenvalue weighted by atomic mass is 19.4. The van der Waals surface area contributed by atoms with E-state index in [1.165, 1.54) is 12.1 Å². The number of hydrogen-bond donors (Lipinski definition) is 1. The predicted octanol–water partition coefficient (Wildman–Crippen LogP) is 5.15. The van der Waals surface area contributed by atoms with E-state index < -0.39 is 11.9 Å². The summed E-state index contributed by atoms with van der Waals surface area (Å²) in [7, 11) is 0. The quantitative estimate of drug-likeness (QED) is 0.583. The molecule has 31 heavy (non-hydrogen) atoms. The summed E-state index contributed by atoms with van der Waals surface area (Å²) in [5.74, 6) is 0.126. The third-order valence-corrected chi connectivity index (χ3v) is 5.95. The lowest BCUT2D eigenvalue weighted by atomic mass is 9.68. The number of nitrogens with zero attached hydrogens (tertiary/aromatic N) is 3. The second-order valence-corrected chi connectivity index (χ2v) is 7.75. The van der Waals surface area contributed by atoms with Crippen LogP contribution in [0.15, 0.2) is 54.6 Å².